The fraction of sp³-hybridized carbons (Fsp3) is 1.00. The Morgan fingerprint density at radius 2 is 0.733 bits per heavy atom. The van der Waals surface area contributed by atoms with Gasteiger partial charge < -0.3 is 29.4 Å². The summed E-state index contributed by atoms with van der Waals surface area (Å²) in [6.07, 6.45) is 1.33. The molecule has 0 aliphatic carbocycles. The van der Waals surface area contributed by atoms with Gasteiger partial charge in [0.1, 0.15) is 0 Å². The Labute approximate surface area is 193 Å². The highest BCUT2D eigenvalue weighted by Gasteiger charge is 2.16. The molecule has 0 radical (unpaired) electrons. The van der Waals surface area contributed by atoms with Crippen LogP contribution in [0.25, 0.3) is 0 Å². The molecule has 6 nitrogen and oxygen atoms in total. The van der Waals surface area contributed by atoms with Crippen LogP contribution in [0.4, 0.5) is 0 Å². The van der Waals surface area contributed by atoms with E-state index in [1.165, 1.54) is 78.4 Å². The molecule has 6 heteroatoms. The van der Waals surface area contributed by atoms with Gasteiger partial charge in [0.25, 0.3) is 0 Å². The lowest BCUT2D eigenvalue weighted by Gasteiger charge is -2.35. The lowest BCUT2D eigenvalue weighted by atomic mass is 10.2. The third kappa shape index (κ3) is 17.4. The van der Waals surface area contributed by atoms with Crippen LogP contribution in [-0.4, -0.2) is 150 Å². The van der Waals surface area contributed by atoms with Crippen molar-refractivity contribution in [3.05, 3.63) is 0 Å². The average molecular weight is 435 g/mol. The second-order valence-corrected chi connectivity index (χ2v) is 8.66. The first kappa shape index (κ1) is 37.1. The maximum absolute atomic E-state index is 2.40. The molecule has 0 amide bonds. The summed E-state index contributed by atoms with van der Waals surface area (Å²) in [5, 5.41) is 0. The van der Waals surface area contributed by atoms with Crippen LogP contribution in [0.15, 0.2) is 0 Å². The summed E-state index contributed by atoms with van der Waals surface area (Å²) in [5.74, 6) is 0. The monoisotopic (exact) mass is 435 g/mol. The van der Waals surface area contributed by atoms with E-state index in [9.17, 15) is 0 Å². The number of piperazine rings is 2. The van der Waals surface area contributed by atoms with E-state index in [0.717, 1.165) is 6.04 Å². The molecule has 188 valence electrons. The first-order valence-corrected chi connectivity index (χ1v) is 10.4. The Kier molecular flexibility index (Phi) is 25.5. The molecule has 3 saturated heterocycles. The molecule has 3 heterocycles. The molecule has 0 aromatic rings. The number of hydrogen-bond donors (Lipinski definition) is 0. The van der Waals surface area contributed by atoms with Crippen molar-refractivity contribution < 1.29 is 0 Å². The number of rotatable bonds is 0. The third-order valence-electron chi connectivity index (χ3n) is 5.83. The smallest absolute Gasteiger partial charge is 0.0192 e. The summed E-state index contributed by atoms with van der Waals surface area (Å²) in [6.45, 7) is 15.9. The topological polar surface area (TPSA) is 19.4 Å². The zero-order valence-electron chi connectivity index (χ0n) is 18.7. The summed E-state index contributed by atoms with van der Waals surface area (Å²) in [7, 11) is 13.1. The lowest BCUT2D eigenvalue weighted by molar-refractivity contribution is 0.125. The van der Waals surface area contributed by atoms with Crippen molar-refractivity contribution in [3.63, 3.8) is 0 Å². The van der Waals surface area contributed by atoms with E-state index in [0.29, 0.717) is 0 Å². The minimum absolute atomic E-state index is 0. The lowest BCUT2D eigenvalue weighted by Crippen LogP contribution is -2.48. The summed E-state index contributed by atoms with van der Waals surface area (Å²) >= 11 is 0. The van der Waals surface area contributed by atoms with Crippen molar-refractivity contribution in [3.8, 4) is 0 Å². The first-order valence-electron chi connectivity index (χ1n) is 10.4. The SMILES string of the molecule is C.C.C.C.CC1CN(C)CCN1C.CN1CCCN(C)CC1.CN1CCN(C)CC1. The fourth-order valence-corrected chi connectivity index (χ4v) is 3.31. The van der Waals surface area contributed by atoms with E-state index in [4.69, 9.17) is 0 Å². The van der Waals surface area contributed by atoms with E-state index in [-0.39, 0.29) is 29.7 Å². The second kappa shape index (κ2) is 20.7. The predicted molar refractivity (Wildman–Crippen MR) is 141 cm³/mol. The van der Waals surface area contributed by atoms with Crippen LogP contribution < -0.4 is 0 Å². The molecule has 1 unspecified atom stereocenters. The molecule has 30 heavy (non-hydrogen) atoms. The summed E-state index contributed by atoms with van der Waals surface area (Å²) in [5.41, 5.74) is 0. The molecule has 3 rings (SSSR count). The fourth-order valence-electron chi connectivity index (χ4n) is 3.31. The molecule has 0 spiro atoms. The van der Waals surface area contributed by atoms with Crippen LogP contribution in [-0.2, 0) is 0 Å². The van der Waals surface area contributed by atoms with Crippen LogP contribution in [0, 0.1) is 0 Å². The Bertz CT molecular complexity index is 324. The highest BCUT2D eigenvalue weighted by atomic mass is 15.3. The molecule has 0 aromatic heterocycles. The maximum atomic E-state index is 2.40. The highest BCUT2D eigenvalue weighted by Crippen LogP contribution is 2.03. The van der Waals surface area contributed by atoms with Gasteiger partial charge in [-0.15, -0.1) is 0 Å². The molecule has 0 bridgehead atoms. The molecule has 1 atom stereocenters. The molecule has 3 fully saturated rings. The van der Waals surface area contributed by atoms with Crippen molar-refractivity contribution in [2.24, 2.45) is 0 Å². The molecule has 0 aromatic carbocycles. The molecule has 3 aliphatic heterocycles. The number of hydrogen-bond acceptors (Lipinski definition) is 6. The van der Waals surface area contributed by atoms with Crippen molar-refractivity contribution in [2.45, 2.75) is 49.1 Å². The van der Waals surface area contributed by atoms with E-state index in [2.05, 4.69) is 78.6 Å². The van der Waals surface area contributed by atoms with Crippen LogP contribution in [0.5, 0.6) is 0 Å². The maximum Gasteiger partial charge on any atom is 0.0192 e. The van der Waals surface area contributed by atoms with E-state index in [1.54, 1.807) is 0 Å². The Morgan fingerprint density at radius 3 is 1.03 bits per heavy atom. The average Bonchev–Trinajstić information content (AvgIpc) is 2.79. The molecule has 0 saturated carbocycles. The first-order chi connectivity index (χ1) is 12.3. The highest BCUT2D eigenvalue weighted by molar-refractivity contribution is 4.73. The van der Waals surface area contributed by atoms with Gasteiger partial charge in [-0.1, -0.05) is 29.7 Å². The van der Waals surface area contributed by atoms with Gasteiger partial charge in [0.05, 0.1) is 0 Å². The summed E-state index contributed by atoms with van der Waals surface area (Å²) in [4.78, 5) is 14.3. The zero-order valence-corrected chi connectivity index (χ0v) is 18.7. The summed E-state index contributed by atoms with van der Waals surface area (Å²) in [6, 6.07) is 0.740. The Hall–Kier alpha value is -0.240. The van der Waals surface area contributed by atoms with Gasteiger partial charge in [-0.2, -0.15) is 0 Å². The molecule has 3 aliphatic rings. The van der Waals surface area contributed by atoms with Crippen LogP contribution in [0.3, 0.4) is 0 Å². The second-order valence-electron chi connectivity index (χ2n) is 8.66. The summed E-state index contributed by atoms with van der Waals surface area (Å²) < 4.78 is 0. The van der Waals surface area contributed by atoms with Crippen molar-refractivity contribution in [2.75, 3.05) is 114 Å². The van der Waals surface area contributed by atoms with Gasteiger partial charge in [0.2, 0.25) is 0 Å². The third-order valence-corrected chi connectivity index (χ3v) is 5.83. The van der Waals surface area contributed by atoms with Crippen molar-refractivity contribution in [1.82, 2.24) is 29.4 Å². The van der Waals surface area contributed by atoms with Crippen LogP contribution >= 0.6 is 0 Å². The van der Waals surface area contributed by atoms with E-state index in [1.807, 2.05) is 0 Å². The van der Waals surface area contributed by atoms with Gasteiger partial charge in [-0.3, -0.25) is 0 Å². The van der Waals surface area contributed by atoms with Crippen LogP contribution in [0.2, 0.25) is 0 Å². The Morgan fingerprint density at radius 1 is 0.433 bits per heavy atom. The predicted octanol–water partition coefficient (Wildman–Crippen LogP) is 2.91. The normalized spacial score (nSPS) is 24.7. The standard InChI is InChI=1S/2C7H16N2.C6H14N2.4CH4/c1-7-6-8(2)4-5-9(7)3;1-8-4-3-5-9(2)7-6-8;1-7-3-5-8(2)6-4-7;;;;/h7H,4-6H2,1-3H3;3-7H2,1-2H3;3-6H2,1-2H3;4*1H4. The molecular formula is C24H62N6. The van der Waals surface area contributed by atoms with Crippen molar-refractivity contribution in [1.29, 1.82) is 0 Å². The van der Waals surface area contributed by atoms with Gasteiger partial charge in [0, 0.05) is 64.9 Å². The van der Waals surface area contributed by atoms with E-state index >= 15 is 0 Å². The quantitative estimate of drug-likeness (QED) is 0.580. The number of nitrogens with zero attached hydrogens (tertiary/aromatic N) is 6. The van der Waals surface area contributed by atoms with Crippen molar-refractivity contribution >= 4 is 0 Å². The Balaban J connectivity index is -0.000000159. The number of likely N-dealkylation sites (N-methyl/N-ethyl adjacent to an activating group) is 6. The van der Waals surface area contributed by atoms with E-state index < -0.39 is 0 Å². The largest absolute Gasteiger partial charge is 0.305 e. The van der Waals surface area contributed by atoms with Gasteiger partial charge in [-0.25, -0.2) is 0 Å². The van der Waals surface area contributed by atoms with Crippen LogP contribution in [0.1, 0.15) is 43.1 Å². The van der Waals surface area contributed by atoms with Gasteiger partial charge in [0.15, 0.2) is 0 Å². The van der Waals surface area contributed by atoms with Gasteiger partial charge >= 0.3 is 0 Å². The molecule has 0 N–H and O–H groups in total. The molecular weight excluding hydrogens is 372 g/mol. The van der Waals surface area contributed by atoms with Gasteiger partial charge in [-0.05, 0) is 68.7 Å². The minimum atomic E-state index is 0. The zero-order chi connectivity index (χ0) is 19.5. The minimum Gasteiger partial charge on any atom is -0.305 e.